The Kier molecular flexibility index (Phi) is 4.89. The molecule has 2 aromatic heterocycles. The zero-order valence-corrected chi connectivity index (χ0v) is 18.3. The lowest BCUT2D eigenvalue weighted by Gasteiger charge is -2.43. The van der Waals surface area contributed by atoms with Crippen LogP contribution in [0.3, 0.4) is 0 Å². The number of hydrogen-bond donors (Lipinski definition) is 2. The summed E-state index contributed by atoms with van der Waals surface area (Å²) in [6.45, 7) is 2.31. The van der Waals surface area contributed by atoms with Crippen LogP contribution in [0.2, 0.25) is 0 Å². The van der Waals surface area contributed by atoms with Crippen LogP contribution in [0.15, 0.2) is 22.6 Å². The fourth-order valence-corrected chi connectivity index (χ4v) is 5.60. The molecule has 3 aromatic rings. The summed E-state index contributed by atoms with van der Waals surface area (Å²) in [5.74, 6) is 0.738. The summed E-state index contributed by atoms with van der Waals surface area (Å²) >= 11 is 1.48. The first kappa shape index (κ1) is 19.8. The summed E-state index contributed by atoms with van der Waals surface area (Å²) in [5, 5.41) is 6.40. The Bertz CT molecular complexity index is 1160. The molecule has 2 N–H and O–H groups in total. The predicted octanol–water partition coefficient (Wildman–Crippen LogP) is 2.71. The first-order chi connectivity index (χ1) is 15.7. The van der Waals surface area contributed by atoms with Crippen LogP contribution in [0.1, 0.15) is 23.0 Å². The molecule has 11 heteroatoms. The number of benzene rings is 1. The fraction of sp³-hybridized carbons (Fsp3) is 0.476. The quantitative estimate of drug-likeness (QED) is 0.615. The minimum atomic E-state index is -0.254. The van der Waals surface area contributed by atoms with E-state index in [-0.39, 0.29) is 24.2 Å². The van der Waals surface area contributed by atoms with Crippen molar-refractivity contribution < 1.29 is 23.4 Å². The second-order valence-electron chi connectivity index (χ2n) is 8.14. The molecule has 3 aliphatic rings. The van der Waals surface area contributed by atoms with Crippen LogP contribution in [-0.2, 0) is 15.9 Å². The number of rotatable bonds is 4. The number of carbonyl (C=O) groups is 1. The van der Waals surface area contributed by atoms with Gasteiger partial charge in [-0.3, -0.25) is 5.32 Å². The van der Waals surface area contributed by atoms with Crippen LogP contribution >= 0.6 is 11.3 Å². The number of carbonyl (C=O) groups excluding carboxylic acids is 1. The average molecular weight is 458 g/mol. The maximum atomic E-state index is 12.4. The van der Waals surface area contributed by atoms with Crippen molar-refractivity contribution in [3.05, 3.63) is 28.8 Å². The number of fused-ring (bicyclic) bond motifs is 5. The largest absolute Gasteiger partial charge is 0.497 e. The number of nitrogens with zero attached hydrogens (tertiary/aromatic N) is 3. The number of aromatic nitrogens is 2. The maximum absolute atomic E-state index is 12.4. The van der Waals surface area contributed by atoms with Gasteiger partial charge in [-0.2, -0.15) is 4.98 Å². The summed E-state index contributed by atoms with van der Waals surface area (Å²) in [7, 11) is 1.63. The van der Waals surface area contributed by atoms with E-state index < -0.39 is 0 Å². The lowest BCUT2D eigenvalue weighted by atomic mass is 9.97. The van der Waals surface area contributed by atoms with Gasteiger partial charge >= 0.3 is 6.03 Å². The summed E-state index contributed by atoms with van der Waals surface area (Å²) < 4.78 is 22.6. The molecular formula is C21H23N5O5S. The first-order valence-corrected chi connectivity index (χ1v) is 11.4. The first-order valence-electron chi connectivity index (χ1n) is 10.6. The third-order valence-corrected chi connectivity index (χ3v) is 7.18. The highest BCUT2D eigenvalue weighted by Gasteiger charge is 2.43. The number of anilines is 2. The Balaban J connectivity index is 1.26. The van der Waals surface area contributed by atoms with Gasteiger partial charge in [-0.15, -0.1) is 0 Å². The van der Waals surface area contributed by atoms with Gasteiger partial charge in [0.2, 0.25) is 0 Å². The Morgan fingerprint density at radius 2 is 2.19 bits per heavy atom. The van der Waals surface area contributed by atoms with Gasteiger partial charge in [0.15, 0.2) is 10.7 Å². The van der Waals surface area contributed by atoms with Crippen LogP contribution in [0, 0.1) is 0 Å². The number of thiazole rings is 1. The fourth-order valence-electron chi connectivity index (χ4n) is 4.53. The van der Waals surface area contributed by atoms with Crippen LogP contribution in [0.5, 0.6) is 5.75 Å². The van der Waals surface area contributed by atoms with Crippen molar-refractivity contribution in [3.8, 4) is 5.75 Å². The average Bonchev–Trinajstić information content (AvgIpc) is 3.52. The summed E-state index contributed by atoms with van der Waals surface area (Å²) in [6.07, 6.45) is 1.53. The molecule has 0 aliphatic carbocycles. The minimum Gasteiger partial charge on any atom is -0.497 e. The number of methoxy groups -OCH3 is 1. The molecule has 2 fully saturated rings. The number of hydrogen-bond acceptors (Lipinski definition) is 9. The van der Waals surface area contributed by atoms with E-state index in [2.05, 4.69) is 15.5 Å². The molecule has 0 spiro atoms. The minimum absolute atomic E-state index is 0.0467. The number of nitrogens with one attached hydrogen (secondary N) is 2. The molecule has 0 radical (unpaired) electrons. The highest BCUT2D eigenvalue weighted by Crippen LogP contribution is 2.44. The van der Waals surface area contributed by atoms with E-state index >= 15 is 0 Å². The second kappa shape index (κ2) is 7.91. The Morgan fingerprint density at radius 1 is 1.25 bits per heavy atom. The van der Waals surface area contributed by atoms with Gasteiger partial charge in [-0.05, 0) is 18.6 Å². The van der Waals surface area contributed by atoms with Crippen molar-refractivity contribution in [1.82, 2.24) is 15.3 Å². The van der Waals surface area contributed by atoms with E-state index in [4.69, 9.17) is 28.6 Å². The van der Waals surface area contributed by atoms with Gasteiger partial charge in [0.05, 0.1) is 55.6 Å². The normalized spacial score (nSPS) is 24.4. The van der Waals surface area contributed by atoms with E-state index in [1.807, 2.05) is 18.2 Å². The topological polar surface area (TPSA) is 111 Å². The van der Waals surface area contributed by atoms with E-state index in [0.717, 1.165) is 28.3 Å². The van der Waals surface area contributed by atoms with Crippen molar-refractivity contribution >= 4 is 39.6 Å². The monoisotopic (exact) mass is 457 g/mol. The zero-order valence-electron chi connectivity index (χ0n) is 17.5. The number of oxazole rings is 1. The van der Waals surface area contributed by atoms with Crippen molar-refractivity contribution in [2.24, 2.45) is 0 Å². The van der Waals surface area contributed by atoms with Gasteiger partial charge in [0.25, 0.3) is 6.01 Å². The summed E-state index contributed by atoms with van der Waals surface area (Å²) in [5.41, 5.74) is 2.47. The third-order valence-electron chi connectivity index (χ3n) is 6.06. The van der Waals surface area contributed by atoms with Gasteiger partial charge in [0.1, 0.15) is 11.3 Å². The van der Waals surface area contributed by atoms with Crippen LogP contribution < -0.4 is 20.3 Å². The lowest BCUT2D eigenvalue weighted by molar-refractivity contribution is 0.0579. The van der Waals surface area contributed by atoms with Gasteiger partial charge < -0.3 is 28.8 Å². The molecule has 3 atom stereocenters. The van der Waals surface area contributed by atoms with E-state index in [9.17, 15) is 4.79 Å². The van der Waals surface area contributed by atoms with E-state index in [1.54, 1.807) is 7.11 Å². The van der Waals surface area contributed by atoms with E-state index in [0.29, 0.717) is 49.6 Å². The lowest BCUT2D eigenvalue weighted by Crippen LogP contribution is -2.51. The molecule has 1 aromatic carbocycles. The standard InChI is InChI=1S/C21H23N5O5S/c1-28-13-2-3-17-14(7-13)24-21(31-17)26-12-6-15-18(16(26)10-30-9-12)32-20(23-15)25-19(27)22-11-4-5-29-8-11/h2-3,7,11-12,16H,4-6,8-10H2,1H3,(H2,22,23,25,27)/t11-,12-,16-/m0/s1. The molecular weight excluding hydrogens is 434 g/mol. The van der Waals surface area contributed by atoms with E-state index in [1.165, 1.54) is 11.3 Å². The molecule has 2 amide bonds. The van der Waals surface area contributed by atoms with Crippen molar-refractivity contribution in [3.63, 3.8) is 0 Å². The van der Waals surface area contributed by atoms with Gasteiger partial charge in [-0.25, -0.2) is 9.78 Å². The van der Waals surface area contributed by atoms with Crippen molar-refractivity contribution in [2.75, 3.05) is 43.8 Å². The van der Waals surface area contributed by atoms with Crippen molar-refractivity contribution in [2.45, 2.75) is 31.0 Å². The molecule has 2 bridgehead atoms. The summed E-state index contributed by atoms with van der Waals surface area (Å²) in [4.78, 5) is 25.1. The highest BCUT2D eigenvalue weighted by atomic mass is 32.1. The Morgan fingerprint density at radius 3 is 3.03 bits per heavy atom. The smallest absolute Gasteiger partial charge is 0.321 e. The maximum Gasteiger partial charge on any atom is 0.321 e. The molecule has 168 valence electrons. The second-order valence-corrected chi connectivity index (χ2v) is 9.17. The van der Waals surface area contributed by atoms with Crippen LogP contribution in [0.25, 0.3) is 11.1 Å². The molecule has 10 nitrogen and oxygen atoms in total. The third kappa shape index (κ3) is 3.46. The Hall–Kier alpha value is -2.89. The highest BCUT2D eigenvalue weighted by molar-refractivity contribution is 7.16. The molecule has 5 heterocycles. The Labute approximate surface area is 187 Å². The molecule has 0 saturated carbocycles. The molecule has 2 saturated heterocycles. The zero-order chi connectivity index (χ0) is 21.7. The van der Waals surface area contributed by atoms with Crippen LogP contribution in [-0.4, -0.2) is 61.6 Å². The van der Waals surface area contributed by atoms with Crippen LogP contribution in [0.4, 0.5) is 15.9 Å². The van der Waals surface area contributed by atoms with Gasteiger partial charge in [0, 0.05) is 19.1 Å². The summed E-state index contributed by atoms with van der Waals surface area (Å²) in [6, 6.07) is 5.96. The van der Waals surface area contributed by atoms with Crippen molar-refractivity contribution in [1.29, 1.82) is 0 Å². The number of amides is 2. The van der Waals surface area contributed by atoms with Gasteiger partial charge in [-0.1, -0.05) is 11.3 Å². The predicted molar refractivity (Wildman–Crippen MR) is 118 cm³/mol. The molecule has 3 aliphatic heterocycles. The number of urea groups is 1. The SMILES string of the molecule is COc1ccc2oc(N3[C@@H]4COC[C@H]3c3sc(NC(=O)N[C@H]5CCOC5)nc3C4)nc2c1. The number of ether oxygens (including phenoxy) is 3. The molecule has 32 heavy (non-hydrogen) atoms. The number of morpholine rings is 1. The molecule has 6 rings (SSSR count). The molecule has 0 unspecified atom stereocenters.